The van der Waals surface area contributed by atoms with Crippen LogP contribution >= 0.6 is 11.6 Å². The van der Waals surface area contributed by atoms with Crippen molar-refractivity contribution in [2.24, 2.45) is 5.41 Å². The van der Waals surface area contributed by atoms with E-state index < -0.39 is 18.6 Å². The van der Waals surface area contributed by atoms with Gasteiger partial charge < -0.3 is 9.64 Å². The zero-order valence-electron chi connectivity index (χ0n) is 20.6. The number of alkyl halides is 6. The molecule has 1 saturated heterocycles. The molecule has 39 heavy (non-hydrogen) atoms. The van der Waals surface area contributed by atoms with Crippen LogP contribution in [0.5, 0.6) is 5.75 Å². The highest BCUT2D eigenvalue weighted by Crippen LogP contribution is 2.57. The molecule has 4 heterocycles. The molecule has 1 atom stereocenters. The lowest BCUT2D eigenvalue weighted by atomic mass is 9.57. The Labute approximate surface area is 224 Å². The van der Waals surface area contributed by atoms with Crippen molar-refractivity contribution >= 4 is 17.4 Å². The van der Waals surface area contributed by atoms with Gasteiger partial charge in [0.1, 0.15) is 11.9 Å². The second kappa shape index (κ2) is 8.98. The lowest BCUT2D eigenvalue weighted by molar-refractivity contribution is -0.274. The molecule has 3 aromatic rings. The van der Waals surface area contributed by atoms with E-state index in [0.717, 1.165) is 19.8 Å². The Hall–Kier alpha value is -3.06. The molecule has 0 radical (unpaired) electrons. The van der Waals surface area contributed by atoms with Crippen LogP contribution in [-0.2, 0) is 13.1 Å². The van der Waals surface area contributed by atoms with Gasteiger partial charge in [-0.1, -0.05) is 11.6 Å². The lowest BCUT2D eigenvalue weighted by Crippen LogP contribution is -2.62. The van der Waals surface area contributed by atoms with Gasteiger partial charge in [0.05, 0.1) is 12.2 Å². The first-order valence-corrected chi connectivity index (χ1v) is 12.7. The van der Waals surface area contributed by atoms with Crippen molar-refractivity contribution in [3.63, 3.8) is 0 Å². The number of nitrogens with zero attached hydrogens (tertiary/aromatic N) is 6. The molecule has 0 bridgehead atoms. The van der Waals surface area contributed by atoms with E-state index in [9.17, 15) is 26.3 Å². The maximum absolute atomic E-state index is 13.6. The standard InChI is InChI=1S/C25H23ClF6N6O/c1-14(24(27,28)29)36-10-15-7-17(26)4-5-18(15)38-20(11-36)34-35-21(38)16-8-23(9-16)12-37(13-23)22-19(3-2-6-33-22)39-25(30,31)32/h2-7,14,16H,8-13H2,1H3. The van der Waals surface area contributed by atoms with Gasteiger partial charge in [0.25, 0.3) is 0 Å². The number of benzene rings is 1. The van der Waals surface area contributed by atoms with Crippen LogP contribution in [0, 0.1) is 5.41 Å². The van der Waals surface area contributed by atoms with Crippen molar-refractivity contribution < 1.29 is 31.1 Å². The summed E-state index contributed by atoms with van der Waals surface area (Å²) in [7, 11) is 0. The highest BCUT2D eigenvalue weighted by Gasteiger charge is 2.55. The predicted molar refractivity (Wildman–Crippen MR) is 129 cm³/mol. The number of pyridine rings is 1. The fraction of sp³-hybridized carbons (Fsp3) is 0.480. The summed E-state index contributed by atoms with van der Waals surface area (Å²) < 4.78 is 85.2. The highest BCUT2D eigenvalue weighted by atomic mass is 35.5. The predicted octanol–water partition coefficient (Wildman–Crippen LogP) is 5.86. The van der Waals surface area contributed by atoms with E-state index in [0.29, 0.717) is 41.0 Å². The number of aromatic nitrogens is 4. The SMILES string of the molecule is CC(N1Cc2cc(Cl)ccc2-n2c(nnc2C2CC3(C2)CN(c2ncccc2OC(F)(F)F)C3)C1)C(F)(F)F. The molecular formula is C25H23ClF6N6O. The maximum atomic E-state index is 13.6. The first-order chi connectivity index (χ1) is 18.3. The number of halogens is 7. The number of hydrogen-bond donors (Lipinski definition) is 0. The van der Waals surface area contributed by atoms with E-state index in [1.165, 1.54) is 23.2 Å². The van der Waals surface area contributed by atoms with Gasteiger partial charge in [0.15, 0.2) is 17.4 Å². The van der Waals surface area contributed by atoms with Gasteiger partial charge in [-0.15, -0.1) is 23.4 Å². The summed E-state index contributed by atoms with van der Waals surface area (Å²) >= 11 is 6.20. The van der Waals surface area contributed by atoms with E-state index in [4.69, 9.17) is 11.6 Å². The minimum Gasteiger partial charge on any atom is -0.402 e. The van der Waals surface area contributed by atoms with Crippen molar-refractivity contribution in [3.05, 3.63) is 58.8 Å². The Morgan fingerprint density at radius 2 is 1.79 bits per heavy atom. The molecule has 7 nitrogen and oxygen atoms in total. The molecule has 0 amide bonds. The fourth-order valence-corrected chi connectivity index (χ4v) is 6.15. The van der Waals surface area contributed by atoms with Gasteiger partial charge in [-0.2, -0.15) is 13.2 Å². The molecule has 0 N–H and O–H groups in total. The van der Waals surface area contributed by atoms with Crippen molar-refractivity contribution in [1.82, 2.24) is 24.6 Å². The maximum Gasteiger partial charge on any atom is 0.573 e. The van der Waals surface area contributed by atoms with Crippen molar-refractivity contribution in [3.8, 4) is 11.4 Å². The molecule has 1 aliphatic carbocycles. The average Bonchev–Trinajstić information content (AvgIpc) is 3.11. The van der Waals surface area contributed by atoms with E-state index in [1.807, 2.05) is 4.57 Å². The average molecular weight is 573 g/mol. The topological polar surface area (TPSA) is 59.3 Å². The third kappa shape index (κ3) is 4.79. The molecule has 1 unspecified atom stereocenters. The summed E-state index contributed by atoms with van der Waals surface area (Å²) in [5, 5.41) is 9.10. The smallest absolute Gasteiger partial charge is 0.402 e. The van der Waals surface area contributed by atoms with Crippen LogP contribution in [0.15, 0.2) is 36.5 Å². The number of hydrogen-bond acceptors (Lipinski definition) is 6. The summed E-state index contributed by atoms with van der Waals surface area (Å²) in [6.45, 7) is 2.17. The summed E-state index contributed by atoms with van der Waals surface area (Å²) in [4.78, 5) is 7.17. The zero-order chi connectivity index (χ0) is 27.7. The largest absolute Gasteiger partial charge is 0.573 e. The van der Waals surface area contributed by atoms with E-state index in [2.05, 4.69) is 19.9 Å². The van der Waals surface area contributed by atoms with E-state index in [-0.39, 0.29) is 36.0 Å². The van der Waals surface area contributed by atoms with Crippen LogP contribution < -0.4 is 9.64 Å². The summed E-state index contributed by atoms with van der Waals surface area (Å²) in [6.07, 6.45) is -6.37. The Balaban J connectivity index is 1.22. The normalized spacial score (nSPS) is 20.1. The number of ether oxygens (including phenoxy) is 1. The molecule has 1 saturated carbocycles. The quantitative estimate of drug-likeness (QED) is 0.365. The van der Waals surface area contributed by atoms with E-state index in [1.54, 1.807) is 23.1 Å². The lowest BCUT2D eigenvalue weighted by Gasteiger charge is -2.59. The molecule has 2 aromatic heterocycles. The van der Waals surface area contributed by atoms with Gasteiger partial charge in [-0.05, 0) is 55.7 Å². The fourth-order valence-electron chi connectivity index (χ4n) is 5.96. The first-order valence-electron chi connectivity index (χ1n) is 12.3. The van der Waals surface area contributed by atoms with Crippen LogP contribution in [0.2, 0.25) is 5.02 Å². The molecule has 2 fully saturated rings. The van der Waals surface area contributed by atoms with Crippen molar-refractivity contribution in [2.75, 3.05) is 18.0 Å². The molecule has 1 spiro atoms. The zero-order valence-corrected chi connectivity index (χ0v) is 21.4. The highest BCUT2D eigenvalue weighted by molar-refractivity contribution is 6.30. The van der Waals surface area contributed by atoms with Gasteiger partial charge in [-0.3, -0.25) is 9.47 Å². The molecule has 2 aliphatic heterocycles. The van der Waals surface area contributed by atoms with Gasteiger partial charge in [-0.25, -0.2) is 4.98 Å². The van der Waals surface area contributed by atoms with Gasteiger partial charge in [0.2, 0.25) is 0 Å². The van der Waals surface area contributed by atoms with Crippen LogP contribution in [0.1, 0.15) is 42.9 Å². The van der Waals surface area contributed by atoms with Crippen LogP contribution in [0.25, 0.3) is 5.69 Å². The van der Waals surface area contributed by atoms with Crippen molar-refractivity contribution in [1.29, 1.82) is 0 Å². The Kier molecular flexibility index (Phi) is 6.03. The molecule has 6 rings (SSSR count). The third-order valence-electron chi connectivity index (χ3n) is 7.83. The third-order valence-corrected chi connectivity index (χ3v) is 8.06. The second-order valence-corrected chi connectivity index (χ2v) is 11.0. The minimum absolute atomic E-state index is 0.00172. The molecule has 3 aliphatic rings. The summed E-state index contributed by atoms with van der Waals surface area (Å²) in [5.41, 5.74) is 1.23. The molecule has 208 valence electrons. The Bertz CT molecular complexity index is 1390. The van der Waals surface area contributed by atoms with Crippen molar-refractivity contribution in [2.45, 2.75) is 57.4 Å². The van der Waals surface area contributed by atoms with Gasteiger partial charge >= 0.3 is 12.5 Å². The number of rotatable bonds is 4. The van der Waals surface area contributed by atoms with E-state index >= 15 is 0 Å². The number of fused-ring (bicyclic) bond motifs is 3. The number of anilines is 1. The summed E-state index contributed by atoms with van der Waals surface area (Å²) in [5.74, 6) is 0.883. The van der Waals surface area contributed by atoms with Crippen LogP contribution in [0.3, 0.4) is 0 Å². The Morgan fingerprint density at radius 3 is 2.49 bits per heavy atom. The monoisotopic (exact) mass is 572 g/mol. The molecular weight excluding hydrogens is 550 g/mol. The van der Waals surface area contributed by atoms with Crippen LogP contribution in [0.4, 0.5) is 32.2 Å². The second-order valence-electron chi connectivity index (χ2n) is 10.5. The Morgan fingerprint density at radius 1 is 1.05 bits per heavy atom. The summed E-state index contributed by atoms with van der Waals surface area (Å²) in [6, 6.07) is 6.07. The molecule has 14 heteroatoms. The van der Waals surface area contributed by atoms with Crippen LogP contribution in [-0.4, -0.2) is 56.3 Å². The minimum atomic E-state index is -4.82. The molecule has 1 aromatic carbocycles. The van der Waals surface area contributed by atoms with Gasteiger partial charge in [0, 0.05) is 42.2 Å². The first kappa shape index (κ1) is 26.2.